The first-order valence-corrected chi connectivity index (χ1v) is 7.16. The van der Waals surface area contributed by atoms with E-state index in [9.17, 15) is 14.9 Å². The second kappa shape index (κ2) is 4.67. The van der Waals surface area contributed by atoms with Crippen LogP contribution in [0.2, 0.25) is 0 Å². The standard InChI is InChI=1S/C10H8N4O3S2/c15-8(6-3-4-7(18-6)14(16)17)11-10-13-12-9(19-10)5-1-2-5/h3-5H,1-2H2,(H,11,13,15). The molecule has 1 fully saturated rings. The zero-order valence-electron chi connectivity index (χ0n) is 9.53. The van der Waals surface area contributed by atoms with Gasteiger partial charge >= 0.3 is 5.00 Å². The van der Waals surface area contributed by atoms with Gasteiger partial charge in [-0.05, 0) is 18.9 Å². The SMILES string of the molecule is O=C(Nc1nnc(C2CC2)s1)c1ccc([N+](=O)[O-])s1. The molecule has 1 N–H and O–H groups in total. The number of hydrogen-bond acceptors (Lipinski definition) is 7. The summed E-state index contributed by atoms with van der Waals surface area (Å²) >= 11 is 2.20. The van der Waals surface area contributed by atoms with Crippen LogP contribution in [0.25, 0.3) is 0 Å². The molecule has 0 spiro atoms. The number of hydrogen-bond donors (Lipinski definition) is 1. The van der Waals surface area contributed by atoms with Gasteiger partial charge in [0.25, 0.3) is 5.91 Å². The molecular formula is C10H8N4O3S2. The molecule has 0 atom stereocenters. The van der Waals surface area contributed by atoms with E-state index in [0.29, 0.717) is 11.0 Å². The van der Waals surface area contributed by atoms with Gasteiger partial charge in [-0.2, -0.15) is 0 Å². The molecule has 1 saturated carbocycles. The summed E-state index contributed by atoms with van der Waals surface area (Å²) in [5, 5.41) is 22.4. The van der Waals surface area contributed by atoms with Crippen LogP contribution in [0.15, 0.2) is 12.1 Å². The third-order valence-electron chi connectivity index (χ3n) is 2.58. The van der Waals surface area contributed by atoms with Gasteiger partial charge in [0.1, 0.15) is 5.01 Å². The minimum absolute atomic E-state index is 0.0546. The van der Waals surface area contributed by atoms with Crippen LogP contribution in [0, 0.1) is 10.1 Å². The summed E-state index contributed by atoms with van der Waals surface area (Å²) in [5.74, 6) is 0.0996. The van der Waals surface area contributed by atoms with Gasteiger partial charge in [-0.15, -0.1) is 10.2 Å². The van der Waals surface area contributed by atoms with Crippen LogP contribution in [0.4, 0.5) is 10.1 Å². The number of carbonyl (C=O) groups excluding carboxylic acids is 1. The van der Waals surface area contributed by atoms with Crippen molar-refractivity contribution in [1.82, 2.24) is 10.2 Å². The van der Waals surface area contributed by atoms with Crippen molar-refractivity contribution in [3.63, 3.8) is 0 Å². The molecule has 3 rings (SSSR count). The van der Waals surface area contributed by atoms with Crippen LogP contribution in [0.5, 0.6) is 0 Å². The molecule has 2 heterocycles. The molecule has 0 unspecified atom stereocenters. The van der Waals surface area contributed by atoms with Crippen LogP contribution < -0.4 is 5.32 Å². The molecule has 7 nitrogen and oxygen atoms in total. The highest BCUT2D eigenvalue weighted by Crippen LogP contribution is 2.42. The lowest BCUT2D eigenvalue weighted by Crippen LogP contribution is -2.09. The summed E-state index contributed by atoms with van der Waals surface area (Å²) in [4.78, 5) is 22.2. The number of amides is 1. The highest BCUT2D eigenvalue weighted by atomic mass is 32.1. The van der Waals surface area contributed by atoms with E-state index in [1.54, 1.807) is 0 Å². The fourth-order valence-corrected chi connectivity index (χ4v) is 3.11. The number of aromatic nitrogens is 2. The van der Waals surface area contributed by atoms with E-state index in [-0.39, 0.29) is 9.88 Å². The first-order valence-electron chi connectivity index (χ1n) is 5.52. The average Bonchev–Trinajstić information content (AvgIpc) is 2.92. The van der Waals surface area contributed by atoms with Gasteiger partial charge < -0.3 is 0 Å². The number of thiophene rings is 1. The van der Waals surface area contributed by atoms with E-state index in [4.69, 9.17) is 0 Å². The van der Waals surface area contributed by atoms with E-state index in [1.165, 1.54) is 23.5 Å². The molecule has 9 heteroatoms. The fraction of sp³-hybridized carbons (Fsp3) is 0.300. The molecule has 1 aliphatic carbocycles. The summed E-state index contributed by atoms with van der Waals surface area (Å²) in [5.41, 5.74) is 0. The van der Waals surface area contributed by atoms with Gasteiger partial charge in [-0.3, -0.25) is 20.2 Å². The highest BCUT2D eigenvalue weighted by Gasteiger charge is 2.28. The number of rotatable bonds is 4. The first kappa shape index (κ1) is 12.2. The normalized spacial score (nSPS) is 14.3. The Kier molecular flexibility index (Phi) is 2.99. The second-order valence-electron chi connectivity index (χ2n) is 4.07. The van der Waals surface area contributed by atoms with Crippen molar-refractivity contribution in [2.75, 3.05) is 5.32 Å². The van der Waals surface area contributed by atoms with Gasteiger partial charge in [0.2, 0.25) is 5.13 Å². The number of nitro groups is 1. The van der Waals surface area contributed by atoms with Crippen molar-refractivity contribution in [1.29, 1.82) is 0 Å². The maximum atomic E-state index is 11.9. The van der Waals surface area contributed by atoms with Crippen molar-refractivity contribution in [2.45, 2.75) is 18.8 Å². The Morgan fingerprint density at radius 2 is 2.16 bits per heavy atom. The van der Waals surface area contributed by atoms with Crippen molar-refractivity contribution < 1.29 is 9.72 Å². The van der Waals surface area contributed by atoms with Crippen LogP contribution in [-0.2, 0) is 0 Å². The molecular weight excluding hydrogens is 288 g/mol. The Balaban J connectivity index is 1.70. The third kappa shape index (κ3) is 2.61. The topological polar surface area (TPSA) is 98.0 Å². The van der Waals surface area contributed by atoms with E-state index >= 15 is 0 Å². The van der Waals surface area contributed by atoms with Crippen molar-refractivity contribution in [2.24, 2.45) is 0 Å². The predicted octanol–water partition coefficient (Wildman–Crippen LogP) is 2.64. The number of nitrogens with zero attached hydrogens (tertiary/aromatic N) is 3. The highest BCUT2D eigenvalue weighted by molar-refractivity contribution is 7.17. The zero-order valence-corrected chi connectivity index (χ0v) is 11.2. The molecule has 0 saturated heterocycles. The Bertz CT molecular complexity index is 647. The van der Waals surface area contributed by atoms with Crippen LogP contribution in [-0.4, -0.2) is 21.0 Å². The molecule has 0 bridgehead atoms. The Morgan fingerprint density at radius 3 is 2.79 bits per heavy atom. The zero-order chi connectivity index (χ0) is 13.4. The van der Waals surface area contributed by atoms with Crippen LogP contribution >= 0.6 is 22.7 Å². The number of nitrogens with one attached hydrogen (secondary N) is 1. The Labute approximate surface area is 115 Å². The molecule has 2 aromatic rings. The van der Waals surface area contributed by atoms with E-state index in [0.717, 1.165) is 29.2 Å². The molecule has 0 aromatic carbocycles. The van der Waals surface area contributed by atoms with Gasteiger partial charge in [0.15, 0.2) is 0 Å². The van der Waals surface area contributed by atoms with E-state index < -0.39 is 10.8 Å². The van der Waals surface area contributed by atoms with Gasteiger partial charge in [0.05, 0.1) is 9.80 Å². The average molecular weight is 296 g/mol. The summed E-state index contributed by atoms with van der Waals surface area (Å²) < 4.78 is 0. The van der Waals surface area contributed by atoms with Gasteiger partial charge in [0, 0.05) is 12.0 Å². The van der Waals surface area contributed by atoms with Crippen molar-refractivity contribution in [3.8, 4) is 0 Å². The van der Waals surface area contributed by atoms with Crippen molar-refractivity contribution >= 4 is 38.7 Å². The molecule has 0 radical (unpaired) electrons. The Morgan fingerprint density at radius 1 is 1.37 bits per heavy atom. The monoisotopic (exact) mass is 296 g/mol. The minimum Gasteiger partial charge on any atom is -0.296 e. The molecule has 2 aromatic heterocycles. The number of anilines is 1. The van der Waals surface area contributed by atoms with Crippen molar-refractivity contribution in [3.05, 3.63) is 32.1 Å². The van der Waals surface area contributed by atoms with E-state index in [2.05, 4.69) is 15.5 Å². The minimum atomic E-state index is -0.516. The van der Waals surface area contributed by atoms with Gasteiger partial charge in [-0.25, -0.2) is 0 Å². The van der Waals surface area contributed by atoms with Gasteiger partial charge in [-0.1, -0.05) is 22.7 Å². The predicted molar refractivity (Wildman–Crippen MR) is 70.8 cm³/mol. The third-order valence-corrected chi connectivity index (χ3v) is 4.62. The Hall–Kier alpha value is -1.87. The molecule has 1 amide bonds. The summed E-state index contributed by atoms with van der Waals surface area (Å²) in [7, 11) is 0. The maximum absolute atomic E-state index is 11.9. The van der Waals surface area contributed by atoms with Crippen LogP contribution in [0.1, 0.15) is 33.4 Å². The molecule has 19 heavy (non-hydrogen) atoms. The lowest BCUT2D eigenvalue weighted by Gasteiger charge is -1.95. The smallest absolute Gasteiger partial charge is 0.296 e. The maximum Gasteiger partial charge on any atom is 0.324 e. The summed E-state index contributed by atoms with van der Waals surface area (Å²) in [6, 6.07) is 2.75. The molecule has 98 valence electrons. The quantitative estimate of drug-likeness (QED) is 0.690. The number of carbonyl (C=O) groups is 1. The lowest BCUT2D eigenvalue weighted by molar-refractivity contribution is -0.380. The molecule has 0 aliphatic heterocycles. The summed E-state index contributed by atoms with van der Waals surface area (Å²) in [6.07, 6.45) is 2.25. The fourth-order valence-electron chi connectivity index (χ4n) is 1.49. The molecule has 1 aliphatic rings. The first-order chi connectivity index (χ1) is 9.13. The lowest BCUT2D eigenvalue weighted by atomic mass is 10.4. The van der Waals surface area contributed by atoms with E-state index in [1.807, 2.05) is 0 Å². The van der Waals surface area contributed by atoms with Crippen LogP contribution in [0.3, 0.4) is 0 Å². The largest absolute Gasteiger partial charge is 0.324 e. The summed E-state index contributed by atoms with van der Waals surface area (Å²) in [6.45, 7) is 0. The second-order valence-corrected chi connectivity index (χ2v) is 6.14.